The maximum absolute atomic E-state index is 11.5. The monoisotopic (exact) mass is 291 g/mol. The highest BCUT2D eigenvalue weighted by Crippen LogP contribution is 2.27. The SMILES string of the molecule is COC(=O)c1ccc(Cl)c(Nc2cc(C)c(N)cn2)c1. The Morgan fingerprint density at radius 2 is 2.15 bits per heavy atom. The Balaban J connectivity index is 2.32. The maximum atomic E-state index is 11.5. The highest BCUT2D eigenvalue weighted by molar-refractivity contribution is 6.33. The number of rotatable bonds is 3. The number of carbonyl (C=O) groups is 1. The molecule has 0 amide bonds. The van der Waals surface area contributed by atoms with Crippen molar-refractivity contribution >= 4 is 34.8 Å². The second-order valence-electron chi connectivity index (χ2n) is 4.24. The number of methoxy groups -OCH3 is 1. The van der Waals surface area contributed by atoms with Crippen molar-refractivity contribution in [1.29, 1.82) is 0 Å². The molecule has 1 aromatic carbocycles. The Morgan fingerprint density at radius 3 is 2.80 bits per heavy atom. The van der Waals surface area contributed by atoms with Crippen LogP contribution in [0.25, 0.3) is 0 Å². The summed E-state index contributed by atoms with van der Waals surface area (Å²) in [4.78, 5) is 15.7. The van der Waals surface area contributed by atoms with Gasteiger partial charge in [0.1, 0.15) is 5.82 Å². The van der Waals surface area contributed by atoms with Crippen LogP contribution in [0.5, 0.6) is 0 Å². The molecule has 0 saturated carbocycles. The molecule has 0 bridgehead atoms. The summed E-state index contributed by atoms with van der Waals surface area (Å²) in [7, 11) is 1.33. The Kier molecular flexibility index (Phi) is 4.10. The fraction of sp³-hybridized carbons (Fsp3) is 0.143. The van der Waals surface area contributed by atoms with Gasteiger partial charge in [-0.15, -0.1) is 0 Å². The van der Waals surface area contributed by atoms with Crippen LogP contribution >= 0.6 is 11.6 Å². The van der Waals surface area contributed by atoms with E-state index in [0.29, 0.717) is 27.8 Å². The average Bonchev–Trinajstić information content (AvgIpc) is 2.44. The second-order valence-corrected chi connectivity index (χ2v) is 4.64. The number of nitrogens with one attached hydrogen (secondary N) is 1. The lowest BCUT2D eigenvalue weighted by Gasteiger charge is -2.10. The predicted molar refractivity (Wildman–Crippen MR) is 79.5 cm³/mol. The molecule has 0 saturated heterocycles. The molecule has 3 N–H and O–H groups in total. The van der Waals surface area contributed by atoms with Gasteiger partial charge in [-0.05, 0) is 36.8 Å². The van der Waals surface area contributed by atoms with Gasteiger partial charge in [0.15, 0.2) is 0 Å². The lowest BCUT2D eigenvalue weighted by Crippen LogP contribution is -2.03. The Bertz CT molecular complexity index is 659. The zero-order valence-electron chi connectivity index (χ0n) is 11.1. The smallest absolute Gasteiger partial charge is 0.337 e. The summed E-state index contributed by atoms with van der Waals surface area (Å²) in [5.41, 5.74) is 8.22. The summed E-state index contributed by atoms with van der Waals surface area (Å²) in [5.74, 6) is 0.173. The number of anilines is 3. The van der Waals surface area contributed by atoms with E-state index in [1.165, 1.54) is 7.11 Å². The molecule has 0 unspecified atom stereocenters. The third kappa shape index (κ3) is 3.00. The van der Waals surface area contributed by atoms with E-state index in [2.05, 4.69) is 15.0 Å². The third-order valence-corrected chi connectivity index (χ3v) is 3.13. The normalized spacial score (nSPS) is 10.2. The van der Waals surface area contributed by atoms with Crippen LogP contribution in [0.1, 0.15) is 15.9 Å². The number of esters is 1. The minimum atomic E-state index is -0.425. The molecule has 1 aromatic heterocycles. The van der Waals surface area contributed by atoms with Crippen LogP contribution in [-0.2, 0) is 4.74 Å². The predicted octanol–water partition coefficient (Wildman–Crippen LogP) is 3.16. The fourth-order valence-electron chi connectivity index (χ4n) is 1.64. The van der Waals surface area contributed by atoms with Gasteiger partial charge in [-0.25, -0.2) is 9.78 Å². The largest absolute Gasteiger partial charge is 0.465 e. The van der Waals surface area contributed by atoms with Crippen molar-refractivity contribution < 1.29 is 9.53 Å². The van der Waals surface area contributed by atoms with Gasteiger partial charge < -0.3 is 15.8 Å². The first-order valence-corrected chi connectivity index (χ1v) is 6.26. The number of hydrogen-bond acceptors (Lipinski definition) is 5. The number of benzene rings is 1. The van der Waals surface area contributed by atoms with Gasteiger partial charge >= 0.3 is 5.97 Å². The van der Waals surface area contributed by atoms with Crippen molar-refractivity contribution in [3.8, 4) is 0 Å². The molecule has 0 radical (unpaired) electrons. The van der Waals surface area contributed by atoms with Crippen LogP contribution in [0.2, 0.25) is 5.02 Å². The van der Waals surface area contributed by atoms with Gasteiger partial charge in [-0.2, -0.15) is 0 Å². The summed E-state index contributed by atoms with van der Waals surface area (Å²) in [6.07, 6.45) is 1.57. The molecule has 5 nitrogen and oxygen atoms in total. The average molecular weight is 292 g/mol. The van der Waals surface area contributed by atoms with Crippen molar-refractivity contribution in [3.05, 3.63) is 46.6 Å². The molecule has 0 aliphatic rings. The molecule has 0 spiro atoms. The van der Waals surface area contributed by atoms with E-state index in [9.17, 15) is 4.79 Å². The van der Waals surface area contributed by atoms with Gasteiger partial charge in [0.05, 0.1) is 35.3 Å². The van der Waals surface area contributed by atoms with E-state index in [4.69, 9.17) is 17.3 Å². The minimum Gasteiger partial charge on any atom is -0.465 e. The first-order chi connectivity index (χ1) is 9.51. The quantitative estimate of drug-likeness (QED) is 0.850. The number of aryl methyl sites for hydroxylation is 1. The number of carbonyl (C=O) groups excluding carboxylic acids is 1. The van der Waals surface area contributed by atoms with Gasteiger partial charge in [0.2, 0.25) is 0 Å². The molecule has 104 valence electrons. The number of nitrogens with two attached hydrogens (primary N) is 1. The number of aromatic nitrogens is 1. The molecule has 0 fully saturated rings. The Hall–Kier alpha value is -2.27. The molecule has 6 heteroatoms. The van der Waals surface area contributed by atoms with E-state index in [1.807, 2.05) is 6.92 Å². The summed E-state index contributed by atoms with van der Waals surface area (Å²) < 4.78 is 4.67. The van der Waals surface area contributed by atoms with E-state index >= 15 is 0 Å². The van der Waals surface area contributed by atoms with Crippen LogP contribution in [-0.4, -0.2) is 18.1 Å². The summed E-state index contributed by atoms with van der Waals surface area (Å²) in [6, 6.07) is 6.64. The van der Waals surface area contributed by atoms with Crippen LogP contribution in [0, 0.1) is 6.92 Å². The Labute approximate surface area is 121 Å². The zero-order chi connectivity index (χ0) is 14.7. The number of halogens is 1. The van der Waals surface area contributed by atoms with Crippen LogP contribution in [0.15, 0.2) is 30.5 Å². The molecule has 20 heavy (non-hydrogen) atoms. The van der Waals surface area contributed by atoms with E-state index in [1.54, 1.807) is 30.5 Å². The highest BCUT2D eigenvalue weighted by atomic mass is 35.5. The molecule has 0 aliphatic carbocycles. The van der Waals surface area contributed by atoms with Gasteiger partial charge in [0, 0.05) is 0 Å². The zero-order valence-corrected chi connectivity index (χ0v) is 11.9. The van der Waals surface area contributed by atoms with Crippen LogP contribution < -0.4 is 11.1 Å². The second kappa shape index (κ2) is 5.79. The lowest BCUT2D eigenvalue weighted by molar-refractivity contribution is 0.0601. The number of hydrogen-bond donors (Lipinski definition) is 2. The summed E-state index contributed by atoms with van der Waals surface area (Å²) in [6.45, 7) is 1.88. The molecule has 2 aromatic rings. The van der Waals surface area contributed by atoms with Crippen molar-refractivity contribution in [1.82, 2.24) is 4.98 Å². The van der Waals surface area contributed by atoms with Gasteiger partial charge in [0.25, 0.3) is 0 Å². The van der Waals surface area contributed by atoms with Crippen molar-refractivity contribution in [2.75, 3.05) is 18.2 Å². The Morgan fingerprint density at radius 1 is 1.40 bits per heavy atom. The van der Waals surface area contributed by atoms with Crippen molar-refractivity contribution in [2.45, 2.75) is 6.92 Å². The van der Waals surface area contributed by atoms with Crippen LogP contribution in [0.4, 0.5) is 17.2 Å². The summed E-state index contributed by atoms with van der Waals surface area (Å²) >= 11 is 6.10. The third-order valence-electron chi connectivity index (χ3n) is 2.80. The molecule has 2 rings (SSSR count). The molecular formula is C14H14ClN3O2. The van der Waals surface area contributed by atoms with Crippen molar-refractivity contribution in [3.63, 3.8) is 0 Å². The fourth-order valence-corrected chi connectivity index (χ4v) is 1.80. The number of ether oxygens (including phenoxy) is 1. The first kappa shape index (κ1) is 14.1. The van der Waals surface area contributed by atoms with Crippen molar-refractivity contribution in [2.24, 2.45) is 0 Å². The maximum Gasteiger partial charge on any atom is 0.337 e. The first-order valence-electron chi connectivity index (χ1n) is 5.88. The van der Waals surface area contributed by atoms with E-state index in [0.717, 1.165) is 5.56 Å². The number of nitrogen functional groups attached to an aromatic ring is 1. The molecule has 0 aliphatic heterocycles. The van der Waals surface area contributed by atoms with E-state index in [-0.39, 0.29) is 0 Å². The van der Waals surface area contributed by atoms with Crippen LogP contribution in [0.3, 0.4) is 0 Å². The number of nitrogens with zero attached hydrogens (tertiary/aromatic N) is 1. The minimum absolute atomic E-state index is 0.409. The highest BCUT2D eigenvalue weighted by Gasteiger charge is 2.09. The number of pyridine rings is 1. The van der Waals surface area contributed by atoms with E-state index < -0.39 is 5.97 Å². The topological polar surface area (TPSA) is 77.2 Å². The standard InChI is InChI=1S/C14H14ClN3O2/c1-8-5-13(17-7-11(8)16)18-12-6-9(14(19)20-2)3-4-10(12)15/h3-7H,16H2,1-2H3,(H,17,18). The van der Waals surface area contributed by atoms with Gasteiger partial charge in [-0.3, -0.25) is 0 Å². The lowest BCUT2D eigenvalue weighted by atomic mass is 10.2. The molecular weight excluding hydrogens is 278 g/mol. The molecule has 0 atom stereocenters. The summed E-state index contributed by atoms with van der Waals surface area (Å²) in [5, 5.41) is 3.53. The molecule has 1 heterocycles. The van der Waals surface area contributed by atoms with Gasteiger partial charge in [-0.1, -0.05) is 11.6 Å².